The number of nitrogens with one attached hydrogen (secondary N) is 1. The lowest BCUT2D eigenvalue weighted by Crippen LogP contribution is -2.73. The van der Waals surface area contributed by atoms with Gasteiger partial charge in [0.25, 0.3) is 0 Å². The molecule has 6 aliphatic carbocycles. The molecule has 6 saturated heterocycles. The van der Waals surface area contributed by atoms with Crippen LogP contribution in [0, 0.1) is 50.2 Å². The molecule has 614 valence electrons. The van der Waals surface area contributed by atoms with E-state index < -0.39 is 299 Å². The first-order valence-electron chi connectivity index (χ1n) is 37.5. The maximum Gasteiger partial charge on any atom is 0.317 e. The van der Waals surface area contributed by atoms with Gasteiger partial charge >= 0.3 is 5.97 Å². The number of ether oxygens (including phenoxy) is 13. The third-order valence-corrected chi connectivity index (χ3v) is 27.5. The summed E-state index contributed by atoms with van der Waals surface area (Å²) < 4.78 is 78.7. The lowest BCUT2D eigenvalue weighted by Gasteiger charge is -2.72. The van der Waals surface area contributed by atoms with E-state index in [0.29, 0.717) is 44.9 Å². The summed E-state index contributed by atoms with van der Waals surface area (Å²) >= 11 is 0. The van der Waals surface area contributed by atoms with Crippen LogP contribution in [0.1, 0.15) is 120 Å². The van der Waals surface area contributed by atoms with Crippen LogP contribution in [0.3, 0.4) is 0 Å². The van der Waals surface area contributed by atoms with Crippen molar-refractivity contribution in [2.45, 2.75) is 315 Å². The number of allylic oxidation sites excluding steroid dienone is 1. The Hall–Kier alpha value is -2.60. The van der Waals surface area contributed by atoms with Gasteiger partial charge in [-0.05, 0) is 104 Å². The predicted molar refractivity (Wildman–Crippen MR) is 354 cm³/mol. The summed E-state index contributed by atoms with van der Waals surface area (Å²) in [5, 5.41) is 226. The molecular formula is C71H115NO35. The Morgan fingerprint density at radius 3 is 1.76 bits per heavy atom. The number of carbonyl (C=O) groups excluding carboxylic acids is 2. The monoisotopic (exact) mass is 1540 g/mol. The molecule has 0 bridgehead atoms. The number of amides is 1. The highest BCUT2D eigenvalue weighted by Crippen LogP contribution is 2.76. The van der Waals surface area contributed by atoms with Crippen molar-refractivity contribution in [2.75, 3.05) is 52.9 Å². The summed E-state index contributed by atoms with van der Waals surface area (Å²) in [6.45, 7) is 9.88. The number of fused-ring (bicyclic) bond motifs is 7. The van der Waals surface area contributed by atoms with Crippen LogP contribution in [-0.4, -0.2) is 362 Å². The van der Waals surface area contributed by atoms with E-state index in [1.54, 1.807) is 0 Å². The van der Waals surface area contributed by atoms with Gasteiger partial charge in [0, 0.05) is 12.3 Å². The molecule has 1 amide bonds. The van der Waals surface area contributed by atoms with Gasteiger partial charge in [-0.15, -0.1) is 0 Å². The number of hydrogen-bond donors (Lipinski definition) is 21. The Balaban J connectivity index is 0.799. The number of aliphatic hydroxyl groups excluding tert-OH is 19. The van der Waals surface area contributed by atoms with E-state index in [1.165, 1.54) is 6.92 Å². The number of aliphatic hydroxyl groups is 20. The molecular weight excluding hydrogens is 1430 g/mol. The number of esters is 1. The Labute approximate surface area is 618 Å². The molecule has 0 spiro atoms. The summed E-state index contributed by atoms with van der Waals surface area (Å²) in [7, 11) is 0. The van der Waals surface area contributed by atoms with Gasteiger partial charge < -0.3 is 169 Å². The zero-order valence-electron chi connectivity index (χ0n) is 61.4. The van der Waals surface area contributed by atoms with Crippen LogP contribution in [0.15, 0.2) is 11.6 Å². The molecule has 0 aromatic rings. The highest BCUT2D eigenvalue weighted by atomic mass is 16.8. The van der Waals surface area contributed by atoms with Gasteiger partial charge in [-0.2, -0.15) is 0 Å². The third kappa shape index (κ3) is 14.2. The van der Waals surface area contributed by atoms with E-state index in [4.69, 9.17) is 61.6 Å². The molecule has 107 heavy (non-hydrogen) atoms. The van der Waals surface area contributed by atoms with Crippen LogP contribution in [0.2, 0.25) is 0 Å². The Morgan fingerprint density at radius 1 is 0.542 bits per heavy atom. The minimum Gasteiger partial charge on any atom is -0.432 e. The second-order valence-electron chi connectivity index (χ2n) is 34.5. The second-order valence-corrected chi connectivity index (χ2v) is 34.5. The number of carbonyl (C=O) groups is 2. The fourth-order valence-electron chi connectivity index (χ4n) is 20.9. The van der Waals surface area contributed by atoms with Gasteiger partial charge in [0.2, 0.25) is 12.2 Å². The minimum atomic E-state index is -2.12. The molecule has 0 aromatic carbocycles. The van der Waals surface area contributed by atoms with Gasteiger partial charge in [0.1, 0.15) is 139 Å². The van der Waals surface area contributed by atoms with Gasteiger partial charge in [-0.1, -0.05) is 60.1 Å². The number of hydrogen-bond acceptors (Lipinski definition) is 35. The highest BCUT2D eigenvalue weighted by molar-refractivity contribution is 5.80. The fourth-order valence-corrected chi connectivity index (χ4v) is 20.9. The molecule has 6 aliphatic heterocycles. The quantitative estimate of drug-likeness (QED) is 0.0306. The summed E-state index contributed by atoms with van der Waals surface area (Å²) in [6, 6.07) is -1.43. The average molecular weight is 1540 g/mol. The Morgan fingerprint density at radius 2 is 1.15 bits per heavy atom. The van der Waals surface area contributed by atoms with Crippen LogP contribution < -0.4 is 5.32 Å². The minimum absolute atomic E-state index is 0.0000838. The zero-order chi connectivity index (χ0) is 78.1. The van der Waals surface area contributed by atoms with E-state index in [0.717, 1.165) is 5.57 Å². The molecule has 36 nitrogen and oxygen atoms in total. The predicted octanol–water partition coefficient (Wildman–Crippen LogP) is -7.11. The molecule has 12 rings (SSSR count). The molecule has 12 aliphatic rings. The summed E-state index contributed by atoms with van der Waals surface area (Å²) in [4.78, 5) is 29.1. The first-order chi connectivity index (χ1) is 50.2. The molecule has 0 aromatic heterocycles. The molecule has 21 N–H and O–H groups in total. The van der Waals surface area contributed by atoms with Crippen LogP contribution in [0.4, 0.5) is 0 Å². The van der Waals surface area contributed by atoms with Crippen molar-refractivity contribution < 1.29 is 173 Å². The normalized spacial score (nSPS) is 53.2. The zero-order valence-corrected chi connectivity index (χ0v) is 61.4. The maximum absolute atomic E-state index is 15.8. The summed E-state index contributed by atoms with van der Waals surface area (Å²) in [5.41, 5.74) is -9.00. The van der Waals surface area contributed by atoms with Crippen LogP contribution in [-0.2, 0) is 71.2 Å². The number of rotatable bonds is 20. The van der Waals surface area contributed by atoms with Crippen molar-refractivity contribution in [3.63, 3.8) is 0 Å². The second kappa shape index (κ2) is 31.2. The smallest absolute Gasteiger partial charge is 0.317 e. The van der Waals surface area contributed by atoms with Crippen LogP contribution >= 0.6 is 0 Å². The van der Waals surface area contributed by atoms with Crippen molar-refractivity contribution in [1.29, 1.82) is 0 Å². The lowest BCUT2D eigenvalue weighted by atomic mass is 9.32. The van der Waals surface area contributed by atoms with E-state index in [-0.39, 0.29) is 31.1 Å². The summed E-state index contributed by atoms with van der Waals surface area (Å²) in [5.74, 6) is -2.85. The van der Waals surface area contributed by atoms with Crippen molar-refractivity contribution in [2.24, 2.45) is 50.2 Å². The maximum atomic E-state index is 15.8. The van der Waals surface area contributed by atoms with E-state index in [1.807, 2.05) is 34.6 Å². The van der Waals surface area contributed by atoms with E-state index >= 15 is 4.79 Å². The standard InChI is InChI=1S/C71H115NO35/c1-28(77)72-40-50(104-58-47(86)41(80)31(78)22-95-58)45(84)36(24-97-60-49(88)51(44(83)35(21-74)100-60)105-59-48(87)42(81)32(79)23-96-59)102-57(40)103-39-13-14-66(6)37(65(39,4)5)12-15-67(7)38(66)10-9-29-30-19-64(2,3)17-18-71(30,55(91)54(90)68(29,67)8)63(93)106-61-52(46(85)43(82)34(20-73)101-61)99-33-11-16-70(26-76,53(33)89)107-62-56(92)69(94,25-75)27-98-62/h9,30-62,73-76,78-92,94H,10-27H2,1-8H3,(H,72,77)/t30?,31?,32?,33?,34?,35?,36?,37?,38?,39-,40?,41?,42?,43?,44?,45?,46?,47?,48?,49?,50?,51?,52?,53?,54-,55+,56?,57?,58?,59?,60?,61?,62?,66-,67+,68-,69?,70?,71+/m0/s1. The van der Waals surface area contributed by atoms with Gasteiger partial charge in [-0.25, -0.2) is 0 Å². The van der Waals surface area contributed by atoms with Crippen molar-refractivity contribution in [3.8, 4) is 0 Å². The van der Waals surface area contributed by atoms with Gasteiger partial charge in [0.15, 0.2) is 31.5 Å². The molecule has 11 fully saturated rings. The average Bonchev–Trinajstić information content (AvgIpc) is 1.10. The van der Waals surface area contributed by atoms with Crippen molar-refractivity contribution >= 4 is 11.9 Å². The molecule has 5 saturated carbocycles. The Bertz CT molecular complexity index is 3120. The molecule has 32 unspecified atom stereocenters. The van der Waals surface area contributed by atoms with E-state index in [9.17, 15) is 107 Å². The molecule has 0 radical (unpaired) electrons. The Kier molecular flexibility index (Phi) is 24.4. The lowest BCUT2D eigenvalue weighted by molar-refractivity contribution is -0.363. The molecule has 39 atom stereocenters. The SMILES string of the molecule is CC(=O)NC1C(O[C@H]2CC[C@@]3(C)C(CC[C@]4(C)C3CC=C3C5CC(C)(C)CC[C@]5(C(=O)OC5OC(CO)C(O)C(O)C5OC5CCC(CO)(OC6OCC(O)(CO)C6O)C5O)[C@H](O)[C@H](O)[C@]34C)C2(C)C)OC(COC2OC(CO)C(O)C(OC3OCC(O)C(O)C3O)C2O)C(O)C1OC1OCC(O)C(O)C1O. The van der Waals surface area contributed by atoms with E-state index in [2.05, 4.69) is 25.2 Å². The third-order valence-electron chi connectivity index (χ3n) is 27.5. The highest BCUT2D eigenvalue weighted by Gasteiger charge is 2.75. The first kappa shape index (κ1) is 83.8. The van der Waals surface area contributed by atoms with Gasteiger partial charge in [-0.3, -0.25) is 9.59 Å². The molecule has 6 heterocycles. The molecule has 36 heteroatoms. The van der Waals surface area contributed by atoms with Crippen LogP contribution in [0.5, 0.6) is 0 Å². The first-order valence-corrected chi connectivity index (χ1v) is 37.5. The topological polar surface area (TPSA) is 571 Å². The largest absolute Gasteiger partial charge is 0.432 e. The van der Waals surface area contributed by atoms with Crippen molar-refractivity contribution in [1.82, 2.24) is 5.32 Å². The van der Waals surface area contributed by atoms with Gasteiger partial charge in [0.05, 0.1) is 77.3 Å². The van der Waals surface area contributed by atoms with Crippen molar-refractivity contribution in [3.05, 3.63) is 11.6 Å². The fraction of sp³-hybridized carbons (Fsp3) is 0.944. The summed E-state index contributed by atoms with van der Waals surface area (Å²) in [6.07, 6.45) is -44.1. The van der Waals surface area contributed by atoms with Crippen LogP contribution in [0.25, 0.3) is 0 Å².